The van der Waals surface area contributed by atoms with Crippen LogP contribution in [0.2, 0.25) is 0 Å². The minimum Gasteiger partial charge on any atom is -0.370 e. The van der Waals surface area contributed by atoms with Crippen LogP contribution in [0.15, 0.2) is 24.3 Å². The molecule has 1 atom stereocenters. The van der Waals surface area contributed by atoms with Gasteiger partial charge in [-0.3, -0.25) is 4.79 Å². The number of alkyl halides is 3. The van der Waals surface area contributed by atoms with Gasteiger partial charge in [0.15, 0.2) is 5.78 Å². The van der Waals surface area contributed by atoms with Gasteiger partial charge in [0, 0.05) is 13.0 Å². The monoisotopic (exact) mass is 272 g/mol. The molecule has 1 aliphatic heterocycles. The summed E-state index contributed by atoms with van der Waals surface area (Å²) in [5, 5.41) is 0. The highest BCUT2D eigenvalue weighted by Crippen LogP contribution is 2.29. The molecule has 1 aromatic carbocycles. The molecule has 1 saturated heterocycles. The van der Waals surface area contributed by atoms with Gasteiger partial charge >= 0.3 is 6.18 Å². The molecular formula is C14H15F3O2. The third-order valence-corrected chi connectivity index (χ3v) is 3.20. The molecule has 19 heavy (non-hydrogen) atoms. The van der Waals surface area contributed by atoms with Gasteiger partial charge in [0.2, 0.25) is 0 Å². The number of halogens is 3. The Morgan fingerprint density at radius 1 is 1.21 bits per heavy atom. The fourth-order valence-electron chi connectivity index (χ4n) is 2.12. The summed E-state index contributed by atoms with van der Waals surface area (Å²) in [6, 6.07) is 4.71. The van der Waals surface area contributed by atoms with Crippen LogP contribution in [0.3, 0.4) is 0 Å². The first-order valence-corrected chi connectivity index (χ1v) is 6.27. The highest BCUT2D eigenvalue weighted by molar-refractivity contribution is 5.85. The van der Waals surface area contributed by atoms with Crippen molar-refractivity contribution in [3.8, 4) is 0 Å². The summed E-state index contributed by atoms with van der Waals surface area (Å²) in [7, 11) is 0. The molecular weight excluding hydrogens is 257 g/mol. The van der Waals surface area contributed by atoms with Crippen LogP contribution in [0.25, 0.3) is 0 Å². The Morgan fingerprint density at radius 3 is 2.42 bits per heavy atom. The number of ether oxygens (including phenoxy) is 1. The summed E-state index contributed by atoms with van der Waals surface area (Å²) < 4.78 is 42.5. The lowest BCUT2D eigenvalue weighted by Crippen LogP contribution is -2.29. The largest absolute Gasteiger partial charge is 0.416 e. The molecule has 104 valence electrons. The summed E-state index contributed by atoms with van der Waals surface area (Å²) in [6.07, 6.45) is -1.97. The molecule has 1 unspecified atom stereocenters. The van der Waals surface area contributed by atoms with Crippen LogP contribution in [0, 0.1) is 0 Å². The van der Waals surface area contributed by atoms with Crippen LogP contribution in [0.4, 0.5) is 13.2 Å². The number of hydrogen-bond donors (Lipinski definition) is 0. The zero-order valence-electron chi connectivity index (χ0n) is 10.4. The zero-order valence-corrected chi connectivity index (χ0v) is 10.4. The number of carbonyl (C=O) groups excluding carboxylic acids is 1. The normalized spacial score (nSPS) is 20.3. The minimum atomic E-state index is -4.34. The van der Waals surface area contributed by atoms with E-state index in [9.17, 15) is 18.0 Å². The Bertz CT molecular complexity index is 431. The second-order valence-corrected chi connectivity index (χ2v) is 4.69. The van der Waals surface area contributed by atoms with Crippen molar-refractivity contribution in [3.05, 3.63) is 35.4 Å². The third-order valence-electron chi connectivity index (χ3n) is 3.20. The molecule has 1 aromatic rings. The Labute approximate surface area is 109 Å². The van der Waals surface area contributed by atoms with E-state index in [0.29, 0.717) is 18.6 Å². The lowest BCUT2D eigenvalue weighted by atomic mass is 9.99. The maximum Gasteiger partial charge on any atom is 0.416 e. The van der Waals surface area contributed by atoms with Gasteiger partial charge in [-0.15, -0.1) is 0 Å². The smallest absolute Gasteiger partial charge is 0.370 e. The standard InChI is InChI=1S/C14H15F3O2/c15-14(16,17)11-6-4-10(5-7-11)9-12(18)13-3-1-2-8-19-13/h4-7,13H,1-3,8-9H2. The van der Waals surface area contributed by atoms with Crippen LogP contribution in [-0.4, -0.2) is 18.5 Å². The van der Waals surface area contributed by atoms with Crippen molar-refractivity contribution in [2.75, 3.05) is 6.61 Å². The number of hydrogen-bond acceptors (Lipinski definition) is 2. The Hall–Kier alpha value is -1.36. The second kappa shape index (κ2) is 5.74. The van der Waals surface area contributed by atoms with Crippen LogP contribution in [-0.2, 0) is 22.1 Å². The average Bonchev–Trinajstić information content (AvgIpc) is 2.39. The first-order chi connectivity index (χ1) is 8.97. The van der Waals surface area contributed by atoms with Gasteiger partial charge in [-0.2, -0.15) is 13.2 Å². The third kappa shape index (κ3) is 3.80. The predicted octanol–water partition coefficient (Wildman–Crippen LogP) is 3.39. The summed E-state index contributed by atoms with van der Waals surface area (Å²) >= 11 is 0. The SMILES string of the molecule is O=C(Cc1ccc(C(F)(F)F)cc1)C1CCCCO1. The van der Waals surface area contributed by atoms with Gasteiger partial charge in [-0.1, -0.05) is 12.1 Å². The summed E-state index contributed by atoms with van der Waals surface area (Å²) in [6.45, 7) is 0.587. The number of ketones is 1. The number of carbonyl (C=O) groups is 1. The van der Waals surface area contributed by atoms with Gasteiger partial charge in [0.1, 0.15) is 6.10 Å². The van der Waals surface area contributed by atoms with E-state index in [4.69, 9.17) is 4.74 Å². The van der Waals surface area contributed by atoms with Gasteiger partial charge < -0.3 is 4.74 Å². The number of benzene rings is 1. The molecule has 2 nitrogen and oxygen atoms in total. The van der Waals surface area contributed by atoms with Crippen LogP contribution in [0.5, 0.6) is 0 Å². The maximum absolute atomic E-state index is 12.4. The quantitative estimate of drug-likeness (QED) is 0.843. The van der Waals surface area contributed by atoms with E-state index in [0.717, 1.165) is 25.0 Å². The van der Waals surface area contributed by atoms with E-state index >= 15 is 0 Å². The molecule has 0 bridgehead atoms. The highest BCUT2D eigenvalue weighted by atomic mass is 19.4. The number of Topliss-reactive ketones (excluding diaryl/α,β-unsaturated/α-hetero) is 1. The van der Waals surface area contributed by atoms with Gasteiger partial charge in [0.25, 0.3) is 0 Å². The highest BCUT2D eigenvalue weighted by Gasteiger charge is 2.30. The van der Waals surface area contributed by atoms with Crippen molar-refractivity contribution < 1.29 is 22.7 Å². The minimum absolute atomic E-state index is 0.0561. The Balaban J connectivity index is 1.97. The van der Waals surface area contributed by atoms with Crippen molar-refractivity contribution in [1.82, 2.24) is 0 Å². The molecule has 2 rings (SSSR count). The molecule has 0 aliphatic carbocycles. The second-order valence-electron chi connectivity index (χ2n) is 4.69. The molecule has 5 heteroatoms. The van der Waals surface area contributed by atoms with Crippen molar-refractivity contribution in [3.63, 3.8) is 0 Å². The maximum atomic E-state index is 12.4. The number of rotatable bonds is 3. The van der Waals surface area contributed by atoms with Crippen LogP contribution < -0.4 is 0 Å². The fraction of sp³-hybridized carbons (Fsp3) is 0.500. The van der Waals surface area contributed by atoms with Gasteiger partial charge in [-0.25, -0.2) is 0 Å². The average molecular weight is 272 g/mol. The van der Waals surface area contributed by atoms with E-state index in [2.05, 4.69) is 0 Å². The molecule has 1 heterocycles. The predicted molar refractivity (Wildman–Crippen MR) is 63.7 cm³/mol. The first kappa shape index (κ1) is 14.1. The summed E-state index contributed by atoms with van der Waals surface area (Å²) in [4.78, 5) is 11.9. The van der Waals surface area contributed by atoms with Gasteiger partial charge in [-0.05, 0) is 37.0 Å². The van der Waals surface area contributed by atoms with Gasteiger partial charge in [0.05, 0.1) is 5.56 Å². The Morgan fingerprint density at radius 2 is 1.89 bits per heavy atom. The van der Waals surface area contributed by atoms with Crippen molar-refractivity contribution in [1.29, 1.82) is 0 Å². The molecule has 1 aliphatic rings. The van der Waals surface area contributed by atoms with Crippen molar-refractivity contribution >= 4 is 5.78 Å². The van der Waals surface area contributed by atoms with Crippen molar-refractivity contribution in [2.45, 2.75) is 38.0 Å². The Kier molecular flexibility index (Phi) is 4.24. The van der Waals surface area contributed by atoms with E-state index in [1.165, 1.54) is 12.1 Å². The molecule has 1 fully saturated rings. The van der Waals surface area contributed by atoms with Crippen LogP contribution in [0.1, 0.15) is 30.4 Å². The summed E-state index contributed by atoms with van der Waals surface area (Å²) in [5.41, 5.74) is -0.107. The van der Waals surface area contributed by atoms with E-state index in [-0.39, 0.29) is 12.2 Å². The van der Waals surface area contributed by atoms with Crippen LogP contribution >= 0.6 is 0 Å². The molecule has 0 amide bonds. The lowest BCUT2D eigenvalue weighted by Gasteiger charge is -2.21. The van der Waals surface area contributed by atoms with Crippen molar-refractivity contribution in [2.24, 2.45) is 0 Å². The lowest BCUT2D eigenvalue weighted by molar-refractivity contribution is -0.137. The first-order valence-electron chi connectivity index (χ1n) is 6.27. The fourth-order valence-corrected chi connectivity index (χ4v) is 2.12. The molecule has 0 aromatic heterocycles. The topological polar surface area (TPSA) is 26.3 Å². The molecule has 0 N–H and O–H groups in total. The summed E-state index contributed by atoms with van der Waals surface area (Å²) in [5.74, 6) is -0.0561. The van der Waals surface area contributed by atoms with E-state index in [1.807, 2.05) is 0 Å². The van der Waals surface area contributed by atoms with E-state index < -0.39 is 17.8 Å². The molecule has 0 radical (unpaired) electrons. The molecule has 0 spiro atoms. The zero-order chi connectivity index (χ0) is 13.9. The molecule has 0 saturated carbocycles. The van der Waals surface area contributed by atoms with E-state index in [1.54, 1.807) is 0 Å².